The van der Waals surface area contributed by atoms with Crippen LogP contribution in [0, 0.1) is 0 Å². The Morgan fingerprint density at radius 2 is 0.445 bits per heavy atom. The first kappa shape index (κ1) is 88.0. The largest absolute Gasteiger partial charge is 0.456 e. The second-order valence-corrected chi connectivity index (χ2v) is 38.5. The van der Waals surface area contributed by atoms with Gasteiger partial charge in [-0.3, -0.25) is 0 Å². The molecule has 0 saturated carbocycles. The van der Waals surface area contributed by atoms with Crippen molar-refractivity contribution in [2.45, 2.75) is 0 Å². The lowest BCUT2D eigenvalue weighted by atomic mass is 10.0. The second-order valence-electron chi connectivity index (χ2n) is 37.2. The SMILES string of the molecule is Clc1cc(-c2ccc3c4cc5ccccc5cc4n(-c4cccc5ccccc45)c3c2)cc(N(c2ccccc2)c2ccc(-c3ccccc3)cc2)c1.Clc1cc(-c2ccc3c4cc5ccccc5cc4n(-c4ccccc4)c3c2)cc(N(c2ccccc2)c2ccc3oc4ccccc4c3c2)c1.Clc1cc(-c2ccc3c4cc5ccccc5cc4n(-c4ccccc4)c3c2)cc(N(c2ccccc2)c2ccccc2)c1. The topological polar surface area (TPSA) is 37.6 Å². The van der Waals surface area contributed by atoms with Crippen LogP contribution in [0.2, 0.25) is 15.1 Å². The smallest absolute Gasteiger partial charge is 0.135 e. The molecule has 28 aromatic rings. The molecule has 0 aliphatic heterocycles. The van der Waals surface area contributed by atoms with Crippen molar-refractivity contribution in [3.8, 4) is 61.6 Å². The first-order valence-electron chi connectivity index (χ1n) is 49.2. The van der Waals surface area contributed by atoms with Crippen LogP contribution in [0.1, 0.15) is 0 Å². The number of rotatable bonds is 16. The number of fused-ring (bicyclic) bond motifs is 16. The monoisotopic (exact) mass is 1930 g/mol. The van der Waals surface area contributed by atoms with Crippen LogP contribution in [0.25, 0.3) is 192 Å². The van der Waals surface area contributed by atoms with Crippen molar-refractivity contribution in [2.24, 2.45) is 0 Å². The Bertz CT molecular complexity index is 9820. The molecular weight excluding hydrogens is 1840 g/mol. The van der Waals surface area contributed by atoms with E-state index >= 15 is 0 Å². The van der Waals surface area contributed by atoms with E-state index in [1.165, 1.54) is 109 Å². The van der Waals surface area contributed by atoms with Crippen LogP contribution in [-0.4, -0.2) is 13.7 Å². The van der Waals surface area contributed by atoms with Crippen LogP contribution in [0.5, 0.6) is 0 Å². The van der Waals surface area contributed by atoms with Gasteiger partial charge >= 0.3 is 0 Å². The molecule has 0 bridgehead atoms. The minimum absolute atomic E-state index is 0.670. The molecule has 28 rings (SSSR count). The van der Waals surface area contributed by atoms with Gasteiger partial charge in [-0.2, -0.15) is 0 Å². The Morgan fingerprint density at radius 1 is 0.151 bits per heavy atom. The van der Waals surface area contributed by atoms with Crippen molar-refractivity contribution in [3.05, 3.63) is 555 Å². The predicted molar refractivity (Wildman–Crippen MR) is 620 cm³/mol. The molecule has 4 aromatic heterocycles. The minimum Gasteiger partial charge on any atom is -0.456 e. The predicted octanol–water partition coefficient (Wildman–Crippen LogP) is 39.9. The van der Waals surface area contributed by atoms with E-state index in [-0.39, 0.29) is 0 Å². The van der Waals surface area contributed by atoms with E-state index in [0.717, 1.165) is 135 Å². The molecule has 0 unspecified atom stereocenters. The molecule has 690 valence electrons. The highest BCUT2D eigenvalue weighted by molar-refractivity contribution is 6.32. The minimum atomic E-state index is 0.670. The normalized spacial score (nSPS) is 11.5. The summed E-state index contributed by atoms with van der Waals surface area (Å²) in [7, 11) is 0. The summed E-state index contributed by atoms with van der Waals surface area (Å²) in [5.41, 5.74) is 30.4. The van der Waals surface area contributed by atoms with E-state index in [2.05, 4.69) is 526 Å². The van der Waals surface area contributed by atoms with E-state index in [0.29, 0.717) is 15.1 Å². The van der Waals surface area contributed by atoms with Crippen molar-refractivity contribution >= 4 is 216 Å². The van der Waals surface area contributed by atoms with Crippen LogP contribution >= 0.6 is 34.8 Å². The van der Waals surface area contributed by atoms with Crippen LogP contribution in [0.3, 0.4) is 0 Å². The molecule has 24 aromatic carbocycles. The molecule has 0 saturated heterocycles. The zero-order valence-electron chi connectivity index (χ0n) is 79.1. The molecule has 0 spiro atoms. The average Bonchev–Trinajstić information content (AvgIpc) is 1.58. The number of halogens is 3. The van der Waals surface area contributed by atoms with Gasteiger partial charge in [0.2, 0.25) is 0 Å². The van der Waals surface area contributed by atoms with Gasteiger partial charge in [-0.25, -0.2) is 0 Å². The van der Waals surface area contributed by atoms with E-state index < -0.39 is 0 Å². The molecule has 146 heavy (non-hydrogen) atoms. The van der Waals surface area contributed by atoms with Gasteiger partial charge in [0.25, 0.3) is 0 Å². The molecule has 0 N–H and O–H groups in total. The Hall–Kier alpha value is -18.2. The fourth-order valence-corrected chi connectivity index (χ4v) is 22.3. The first-order chi connectivity index (χ1) is 72.1. The number of furan rings is 1. The quantitative estimate of drug-likeness (QED) is 0.0966. The van der Waals surface area contributed by atoms with E-state index in [1.807, 2.05) is 42.5 Å². The van der Waals surface area contributed by atoms with Gasteiger partial charge in [0.15, 0.2) is 0 Å². The molecule has 0 atom stereocenters. The first-order valence-corrected chi connectivity index (χ1v) is 50.3. The molecule has 10 heteroatoms. The number of aromatic nitrogens is 3. The van der Waals surface area contributed by atoms with Gasteiger partial charge < -0.3 is 32.8 Å². The molecule has 7 nitrogen and oxygen atoms in total. The lowest BCUT2D eigenvalue weighted by Crippen LogP contribution is -2.10. The third kappa shape index (κ3) is 16.5. The molecule has 0 aliphatic rings. The average molecular weight is 1930 g/mol. The number of hydrogen-bond donors (Lipinski definition) is 0. The maximum Gasteiger partial charge on any atom is 0.135 e. The second kappa shape index (κ2) is 37.7. The van der Waals surface area contributed by atoms with Crippen LogP contribution in [-0.2, 0) is 0 Å². The Kier molecular flexibility index (Phi) is 22.7. The highest BCUT2D eigenvalue weighted by Crippen LogP contribution is 2.49. The standard InChI is InChI=1S/C50H33ClN2.C46H29ClN2O.C40H27ClN2/c51-41-28-40(29-44(33-41)52(42-18-5-2-6-19-42)43-25-22-35(23-26-43)34-12-3-1-4-13-34)39-24-27-46-47-30-37-15-7-8-16-38(37)31-50(47)53(49(46)32-39)48-21-11-17-36-14-9-10-20-45(36)48;47-34-23-33(24-38(28-34)48(35-13-3-1-4-14-35)37-20-22-46-42(29-37)40-17-9-10-18-45(40)50-46)32-19-21-39-41-25-30-11-7-8-12-31(30)26-44(41)49(43(39)27-32)36-15-5-2-6-16-36;41-32-22-31(23-36(27-32)42(33-14-4-1-5-15-33)34-16-6-2-7-17-34)30-20-21-37-38-24-28-12-10-11-13-29(28)25-40(38)43(39(37)26-30)35-18-8-3-9-19-35/h1-33H;1-29H;1-27H. The summed E-state index contributed by atoms with van der Waals surface area (Å²) in [4.78, 5) is 6.80. The number of nitrogens with zero attached hydrogens (tertiary/aromatic N) is 6. The summed E-state index contributed by atoms with van der Waals surface area (Å²) in [5, 5.41) is 21.4. The highest BCUT2D eigenvalue weighted by Gasteiger charge is 2.26. The lowest BCUT2D eigenvalue weighted by molar-refractivity contribution is 0.669. The summed E-state index contributed by atoms with van der Waals surface area (Å²) in [6, 6.07) is 191. The Labute approximate surface area is 859 Å². The van der Waals surface area contributed by atoms with Crippen LogP contribution in [0.4, 0.5) is 51.2 Å². The van der Waals surface area contributed by atoms with E-state index in [1.54, 1.807) is 0 Å². The van der Waals surface area contributed by atoms with Crippen molar-refractivity contribution in [2.75, 3.05) is 14.7 Å². The van der Waals surface area contributed by atoms with Gasteiger partial charge in [-0.15, -0.1) is 0 Å². The molecular formula is C136H89Cl3N6O. The number of hydrogen-bond acceptors (Lipinski definition) is 4. The summed E-state index contributed by atoms with van der Waals surface area (Å²) in [6.45, 7) is 0. The molecule has 0 aliphatic carbocycles. The number of para-hydroxylation sites is 7. The molecule has 4 heterocycles. The molecule has 0 radical (unpaired) electrons. The van der Waals surface area contributed by atoms with Crippen molar-refractivity contribution in [3.63, 3.8) is 0 Å². The maximum absolute atomic E-state index is 7.03. The highest BCUT2D eigenvalue weighted by atomic mass is 35.5. The maximum atomic E-state index is 7.03. The van der Waals surface area contributed by atoms with E-state index in [9.17, 15) is 0 Å². The number of benzene rings is 24. The van der Waals surface area contributed by atoms with Crippen LogP contribution in [0.15, 0.2) is 544 Å². The summed E-state index contributed by atoms with van der Waals surface area (Å²) < 4.78 is 13.4. The number of anilines is 9. The third-order valence-electron chi connectivity index (χ3n) is 28.3. The van der Waals surface area contributed by atoms with E-state index in [4.69, 9.17) is 39.2 Å². The zero-order chi connectivity index (χ0) is 97.2. The van der Waals surface area contributed by atoms with Gasteiger partial charge in [0.05, 0.1) is 38.8 Å². The zero-order valence-corrected chi connectivity index (χ0v) is 81.4. The lowest BCUT2D eigenvalue weighted by Gasteiger charge is -2.26. The summed E-state index contributed by atoms with van der Waals surface area (Å²) in [6.07, 6.45) is 0. The van der Waals surface area contributed by atoms with Gasteiger partial charge in [-0.05, 0) is 307 Å². The van der Waals surface area contributed by atoms with Crippen LogP contribution < -0.4 is 14.7 Å². The van der Waals surface area contributed by atoms with Gasteiger partial charge in [-0.1, -0.05) is 350 Å². The van der Waals surface area contributed by atoms with Crippen molar-refractivity contribution < 1.29 is 4.42 Å². The fraction of sp³-hybridized carbons (Fsp3) is 0. The Morgan fingerprint density at radius 3 is 0.863 bits per heavy atom. The fourth-order valence-electron chi connectivity index (χ4n) is 21.6. The summed E-state index contributed by atoms with van der Waals surface area (Å²) in [5.74, 6) is 0. The van der Waals surface area contributed by atoms with Gasteiger partial charge in [0.1, 0.15) is 11.2 Å². The Balaban J connectivity index is 0.000000112. The third-order valence-corrected chi connectivity index (χ3v) is 28.9. The molecule has 0 amide bonds. The molecule has 0 fully saturated rings. The van der Waals surface area contributed by atoms with Crippen molar-refractivity contribution in [1.82, 2.24) is 13.7 Å². The van der Waals surface area contributed by atoms with Gasteiger partial charge in [0, 0.05) is 126 Å². The van der Waals surface area contributed by atoms with Crippen molar-refractivity contribution in [1.29, 1.82) is 0 Å². The summed E-state index contributed by atoms with van der Waals surface area (Å²) >= 11 is 20.9.